The van der Waals surface area contributed by atoms with Crippen LogP contribution in [0.15, 0.2) is 30.3 Å². The minimum atomic E-state index is 0.338. The maximum absolute atomic E-state index is 6.12. The van der Waals surface area contributed by atoms with E-state index in [1.807, 2.05) is 32.0 Å². The molecule has 0 radical (unpaired) electrons. The topological polar surface area (TPSA) is 39.7 Å². The van der Waals surface area contributed by atoms with Crippen molar-refractivity contribution in [1.82, 2.24) is 0 Å². The monoisotopic (exact) mass is 373 g/mol. The molecule has 0 atom stereocenters. The van der Waals surface area contributed by atoms with Gasteiger partial charge in [-0.05, 0) is 81.7 Å². The van der Waals surface area contributed by atoms with E-state index in [0.29, 0.717) is 25.0 Å². The van der Waals surface area contributed by atoms with Gasteiger partial charge in [0, 0.05) is 0 Å². The Morgan fingerprint density at radius 1 is 0.923 bits per heavy atom. The Labute approximate surface area is 161 Å². The van der Waals surface area contributed by atoms with Gasteiger partial charge in [-0.1, -0.05) is 12.1 Å². The molecule has 2 rings (SSSR count). The lowest BCUT2D eigenvalue weighted by Crippen LogP contribution is -2.15. The standard InChI is InChI=1S/C21H27NO3S/c1-6-23-19-10-8-9-18(22-21(26)24-7-2)17(19)13-25-20-12-15(4)14(3)11-16(20)5/h8-12H,6-7,13H2,1-5H3,(H,22,26). The van der Waals surface area contributed by atoms with Gasteiger partial charge in [-0.3, -0.25) is 0 Å². The van der Waals surface area contributed by atoms with Crippen LogP contribution in [0.4, 0.5) is 5.69 Å². The highest BCUT2D eigenvalue weighted by Gasteiger charge is 2.13. The van der Waals surface area contributed by atoms with Crippen molar-refractivity contribution < 1.29 is 14.2 Å². The molecule has 0 saturated carbocycles. The molecule has 4 nitrogen and oxygen atoms in total. The van der Waals surface area contributed by atoms with E-state index >= 15 is 0 Å². The maximum Gasteiger partial charge on any atom is 0.261 e. The van der Waals surface area contributed by atoms with Crippen LogP contribution in [0.3, 0.4) is 0 Å². The van der Waals surface area contributed by atoms with Crippen LogP contribution in [0.25, 0.3) is 0 Å². The van der Waals surface area contributed by atoms with Crippen LogP contribution in [0.1, 0.15) is 36.1 Å². The third kappa shape index (κ3) is 5.11. The quantitative estimate of drug-likeness (QED) is 0.665. The van der Waals surface area contributed by atoms with Gasteiger partial charge in [-0.25, -0.2) is 0 Å². The van der Waals surface area contributed by atoms with Gasteiger partial charge in [-0.2, -0.15) is 0 Å². The SMILES string of the molecule is CCOC(=S)Nc1cccc(OCC)c1COc1cc(C)c(C)cc1C. The van der Waals surface area contributed by atoms with E-state index in [1.165, 1.54) is 11.1 Å². The van der Waals surface area contributed by atoms with E-state index in [9.17, 15) is 0 Å². The van der Waals surface area contributed by atoms with Gasteiger partial charge in [0.15, 0.2) is 0 Å². The van der Waals surface area contributed by atoms with Crippen molar-refractivity contribution in [2.24, 2.45) is 0 Å². The van der Waals surface area contributed by atoms with Crippen LogP contribution in [0, 0.1) is 20.8 Å². The predicted octanol–water partition coefficient (Wildman–Crippen LogP) is 5.32. The van der Waals surface area contributed by atoms with Gasteiger partial charge in [0.2, 0.25) is 0 Å². The first-order valence-corrected chi connectivity index (χ1v) is 9.26. The zero-order chi connectivity index (χ0) is 19.1. The van der Waals surface area contributed by atoms with Crippen LogP contribution in [-0.2, 0) is 11.3 Å². The van der Waals surface area contributed by atoms with Crippen molar-refractivity contribution in [3.8, 4) is 11.5 Å². The second-order valence-corrected chi connectivity index (χ2v) is 6.42. The summed E-state index contributed by atoms with van der Waals surface area (Å²) in [6.07, 6.45) is 0. The Morgan fingerprint density at radius 3 is 2.35 bits per heavy atom. The Hall–Kier alpha value is -2.27. The van der Waals surface area contributed by atoms with Gasteiger partial charge >= 0.3 is 0 Å². The van der Waals surface area contributed by atoms with E-state index < -0.39 is 0 Å². The summed E-state index contributed by atoms with van der Waals surface area (Å²) >= 11 is 5.22. The fourth-order valence-corrected chi connectivity index (χ4v) is 2.87. The molecule has 0 aliphatic carbocycles. The highest BCUT2D eigenvalue weighted by molar-refractivity contribution is 7.80. The lowest BCUT2D eigenvalue weighted by atomic mass is 10.1. The Morgan fingerprint density at radius 2 is 1.65 bits per heavy atom. The molecule has 0 saturated heterocycles. The van der Waals surface area contributed by atoms with Crippen LogP contribution >= 0.6 is 12.2 Å². The van der Waals surface area contributed by atoms with Crippen molar-refractivity contribution in [3.63, 3.8) is 0 Å². The largest absolute Gasteiger partial charge is 0.493 e. The molecule has 26 heavy (non-hydrogen) atoms. The number of anilines is 1. The zero-order valence-electron chi connectivity index (χ0n) is 16.1. The van der Waals surface area contributed by atoms with E-state index in [4.69, 9.17) is 26.4 Å². The number of benzene rings is 2. The number of aryl methyl sites for hydroxylation is 3. The van der Waals surface area contributed by atoms with E-state index in [1.54, 1.807) is 0 Å². The molecule has 0 unspecified atom stereocenters. The van der Waals surface area contributed by atoms with Gasteiger partial charge in [0.05, 0.1) is 24.5 Å². The van der Waals surface area contributed by atoms with Gasteiger partial charge in [-0.15, -0.1) is 0 Å². The van der Waals surface area contributed by atoms with E-state index in [-0.39, 0.29) is 0 Å². The smallest absolute Gasteiger partial charge is 0.261 e. The number of rotatable bonds is 7. The average Bonchev–Trinajstić information content (AvgIpc) is 2.59. The minimum Gasteiger partial charge on any atom is -0.493 e. The maximum atomic E-state index is 6.12. The predicted molar refractivity (Wildman–Crippen MR) is 110 cm³/mol. The number of nitrogens with one attached hydrogen (secondary N) is 1. The Bertz CT molecular complexity index is 774. The molecular formula is C21H27NO3S. The summed E-state index contributed by atoms with van der Waals surface area (Å²) in [7, 11) is 0. The van der Waals surface area contributed by atoms with Crippen molar-refractivity contribution >= 4 is 23.1 Å². The molecule has 0 heterocycles. The van der Waals surface area contributed by atoms with Crippen LogP contribution < -0.4 is 14.8 Å². The summed E-state index contributed by atoms with van der Waals surface area (Å²) in [5, 5.41) is 3.47. The minimum absolute atomic E-state index is 0.338. The van der Waals surface area contributed by atoms with Gasteiger partial charge in [0.25, 0.3) is 5.17 Å². The first-order valence-electron chi connectivity index (χ1n) is 8.85. The normalized spacial score (nSPS) is 10.3. The number of ether oxygens (including phenoxy) is 3. The molecule has 140 valence electrons. The fourth-order valence-electron chi connectivity index (χ4n) is 2.64. The Kier molecular flexibility index (Phi) is 7.27. The molecule has 0 aliphatic rings. The lowest BCUT2D eigenvalue weighted by molar-refractivity contribution is 0.285. The average molecular weight is 374 g/mol. The van der Waals surface area contributed by atoms with Gasteiger partial charge < -0.3 is 19.5 Å². The molecule has 0 fully saturated rings. The highest BCUT2D eigenvalue weighted by Crippen LogP contribution is 2.30. The lowest BCUT2D eigenvalue weighted by Gasteiger charge is -2.18. The zero-order valence-corrected chi connectivity index (χ0v) is 17.0. The summed E-state index contributed by atoms with van der Waals surface area (Å²) in [4.78, 5) is 0. The summed E-state index contributed by atoms with van der Waals surface area (Å²) in [6, 6.07) is 10.0. The molecule has 2 aromatic carbocycles. The molecule has 2 aromatic rings. The first-order chi connectivity index (χ1) is 12.5. The molecule has 0 aromatic heterocycles. The summed E-state index contributed by atoms with van der Waals surface area (Å²) in [5.74, 6) is 1.65. The second kappa shape index (κ2) is 9.43. The summed E-state index contributed by atoms with van der Waals surface area (Å²) < 4.78 is 17.3. The summed E-state index contributed by atoms with van der Waals surface area (Å²) in [5.41, 5.74) is 5.32. The molecule has 0 spiro atoms. The Balaban J connectivity index is 2.28. The molecule has 5 heteroatoms. The van der Waals surface area contributed by atoms with Crippen LogP contribution in [-0.4, -0.2) is 18.4 Å². The molecule has 0 amide bonds. The van der Waals surface area contributed by atoms with Crippen molar-refractivity contribution in [2.75, 3.05) is 18.5 Å². The number of thiocarbonyl (C=S) groups is 1. The summed E-state index contributed by atoms with van der Waals surface area (Å²) in [6.45, 7) is 11.6. The van der Waals surface area contributed by atoms with Crippen molar-refractivity contribution in [1.29, 1.82) is 0 Å². The fraction of sp³-hybridized carbons (Fsp3) is 0.381. The van der Waals surface area contributed by atoms with Crippen LogP contribution in [0.2, 0.25) is 0 Å². The number of hydrogen-bond acceptors (Lipinski definition) is 4. The van der Waals surface area contributed by atoms with Crippen molar-refractivity contribution in [2.45, 2.75) is 41.2 Å². The highest BCUT2D eigenvalue weighted by atomic mass is 32.1. The molecule has 0 bridgehead atoms. The third-order valence-corrected chi connectivity index (χ3v) is 4.33. The molecule has 1 N–H and O–H groups in total. The van der Waals surface area contributed by atoms with E-state index in [2.05, 4.69) is 38.2 Å². The number of hydrogen-bond donors (Lipinski definition) is 1. The molecular weight excluding hydrogens is 346 g/mol. The first kappa shape index (κ1) is 20.0. The van der Waals surface area contributed by atoms with Crippen LogP contribution in [0.5, 0.6) is 11.5 Å². The second-order valence-electron chi connectivity index (χ2n) is 6.05. The third-order valence-electron chi connectivity index (χ3n) is 4.11. The van der Waals surface area contributed by atoms with Gasteiger partial charge in [0.1, 0.15) is 18.1 Å². The molecule has 0 aliphatic heterocycles. The van der Waals surface area contributed by atoms with E-state index in [0.717, 1.165) is 28.3 Å². The van der Waals surface area contributed by atoms with Crippen molar-refractivity contribution in [3.05, 3.63) is 52.6 Å².